The standard InChI is InChI=1S/C19H16ClF3N4/c20-15-7-6-13(8-14(15)19(21,22)23)17-9-18(27-11-26-17)25-10-16(24)12-4-2-1-3-5-12/h1-9,11,16H,10,24H2,(H,25,26,27)/t16-/m0/s1. The molecule has 27 heavy (non-hydrogen) atoms. The molecule has 3 N–H and O–H groups in total. The molecule has 0 saturated carbocycles. The summed E-state index contributed by atoms with van der Waals surface area (Å²) in [6, 6.07) is 14.5. The Balaban J connectivity index is 1.78. The molecule has 4 nitrogen and oxygen atoms in total. The molecule has 140 valence electrons. The zero-order chi connectivity index (χ0) is 19.4. The van der Waals surface area contributed by atoms with Gasteiger partial charge in [0.1, 0.15) is 12.1 Å². The molecule has 0 aliphatic carbocycles. The first-order chi connectivity index (χ1) is 12.8. The third-order valence-corrected chi connectivity index (χ3v) is 4.30. The lowest BCUT2D eigenvalue weighted by Gasteiger charge is -2.14. The van der Waals surface area contributed by atoms with Crippen LogP contribution in [-0.2, 0) is 6.18 Å². The molecule has 2 aromatic carbocycles. The van der Waals surface area contributed by atoms with Gasteiger partial charge in [0.15, 0.2) is 0 Å². The first-order valence-electron chi connectivity index (χ1n) is 8.08. The number of nitrogens with zero attached hydrogens (tertiary/aromatic N) is 2. The van der Waals surface area contributed by atoms with Crippen LogP contribution in [0.3, 0.4) is 0 Å². The van der Waals surface area contributed by atoms with Crippen molar-refractivity contribution in [2.24, 2.45) is 5.73 Å². The van der Waals surface area contributed by atoms with Crippen molar-refractivity contribution in [1.29, 1.82) is 0 Å². The van der Waals surface area contributed by atoms with Crippen molar-refractivity contribution in [1.82, 2.24) is 9.97 Å². The van der Waals surface area contributed by atoms with E-state index in [9.17, 15) is 13.2 Å². The molecule has 8 heteroatoms. The highest BCUT2D eigenvalue weighted by atomic mass is 35.5. The fourth-order valence-corrected chi connectivity index (χ4v) is 2.77. The van der Waals surface area contributed by atoms with Crippen LogP contribution in [-0.4, -0.2) is 16.5 Å². The van der Waals surface area contributed by atoms with E-state index in [1.807, 2.05) is 30.3 Å². The third kappa shape index (κ3) is 4.75. The van der Waals surface area contributed by atoms with E-state index >= 15 is 0 Å². The maximum absolute atomic E-state index is 13.1. The number of alkyl halides is 3. The summed E-state index contributed by atoms with van der Waals surface area (Å²) in [5.74, 6) is 0.467. The summed E-state index contributed by atoms with van der Waals surface area (Å²) in [5.41, 5.74) is 6.84. The quantitative estimate of drug-likeness (QED) is 0.646. The van der Waals surface area contributed by atoms with Gasteiger partial charge in [-0.25, -0.2) is 9.97 Å². The van der Waals surface area contributed by atoms with Crippen molar-refractivity contribution in [2.45, 2.75) is 12.2 Å². The summed E-state index contributed by atoms with van der Waals surface area (Å²) in [6.45, 7) is 0.412. The molecule has 0 aliphatic rings. The van der Waals surface area contributed by atoms with Gasteiger partial charge in [-0.05, 0) is 17.7 Å². The number of halogens is 4. The van der Waals surface area contributed by atoms with Crippen molar-refractivity contribution in [2.75, 3.05) is 11.9 Å². The monoisotopic (exact) mass is 392 g/mol. The summed E-state index contributed by atoms with van der Waals surface area (Å²) in [5, 5.41) is 2.73. The van der Waals surface area contributed by atoms with Gasteiger partial charge in [-0.2, -0.15) is 13.2 Å². The van der Waals surface area contributed by atoms with E-state index in [2.05, 4.69) is 15.3 Å². The normalized spacial score (nSPS) is 12.6. The van der Waals surface area contributed by atoms with E-state index in [1.165, 1.54) is 18.5 Å². The molecule has 1 atom stereocenters. The number of hydrogen-bond donors (Lipinski definition) is 2. The fraction of sp³-hybridized carbons (Fsp3) is 0.158. The second-order valence-electron chi connectivity index (χ2n) is 5.88. The number of benzene rings is 2. The van der Waals surface area contributed by atoms with Gasteiger partial charge in [-0.3, -0.25) is 0 Å². The van der Waals surface area contributed by atoms with Gasteiger partial charge in [0.2, 0.25) is 0 Å². The Bertz CT molecular complexity index is 916. The Kier molecular flexibility index (Phi) is 5.62. The Morgan fingerprint density at radius 3 is 2.48 bits per heavy atom. The van der Waals surface area contributed by atoms with Crippen LogP contribution >= 0.6 is 11.6 Å². The molecular formula is C19H16ClF3N4. The van der Waals surface area contributed by atoms with Crippen molar-refractivity contribution >= 4 is 17.4 Å². The predicted octanol–water partition coefficient (Wildman–Crippen LogP) is 4.93. The number of aromatic nitrogens is 2. The van der Waals surface area contributed by atoms with Crippen LogP contribution in [0.1, 0.15) is 17.2 Å². The van der Waals surface area contributed by atoms with Gasteiger partial charge >= 0.3 is 6.18 Å². The average molecular weight is 393 g/mol. The number of nitrogens with one attached hydrogen (secondary N) is 1. The lowest BCUT2D eigenvalue weighted by atomic mass is 10.1. The third-order valence-electron chi connectivity index (χ3n) is 3.97. The second-order valence-corrected chi connectivity index (χ2v) is 6.29. The predicted molar refractivity (Wildman–Crippen MR) is 99.3 cm³/mol. The van der Waals surface area contributed by atoms with Crippen LogP contribution in [0.15, 0.2) is 60.9 Å². The lowest BCUT2D eigenvalue weighted by molar-refractivity contribution is -0.137. The van der Waals surface area contributed by atoms with Crippen LogP contribution in [0.5, 0.6) is 0 Å². The molecule has 0 radical (unpaired) electrons. The van der Waals surface area contributed by atoms with E-state index in [4.69, 9.17) is 17.3 Å². The molecule has 1 aromatic heterocycles. The summed E-state index contributed by atoms with van der Waals surface area (Å²) < 4.78 is 39.2. The van der Waals surface area contributed by atoms with Gasteiger partial charge in [0.05, 0.1) is 16.3 Å². The highest BCUT2D eigenvalue weighted by molar-refractivity contribution is 6.31. The molecule has 0 aliphatic heterocycles. The van der Waals surface area contributed by atoms with E-state index in [0.29, 0.717) is 23.6 Å². The van der Waals surface area contributed by atoms with Gasteiger partial charge in [0, 0.05) is 24.2 Å². The summed E-state index contributed by atoms with van der Waals surface area (Å²) in [4.78, 5) is 8.15. The molecule has 0 fully saturated rings. The summed E-state index contributed by atoms with van der Waals surface area (Å²) in [7, 11) is 0. The first kappa shape index (κ1) is 19.1. The van der Waals surface area contributed by atoms with Gasteiger partial charge in [-0.15, -0.1) is 0 Å². The molecule has 0 unspecified atom stereocenters. The highest BCUT2D eigenvalue weighted by Gasteiger charge is 2.33. The molecular weight excluding hydrogens is 377 g/mol. The Labute approximate surface area is 159 Å². The summed E-state index contributed by atoms with van der Waals surface area (Å²) >= 11 is 5.66. The SMILES string of the molecule is N[C@@H](CNc1cc(-c2ccc(Cl)c(C(F)(F)F)c2)ncn1)c1ccccc1. The van der Waals surface area contributed by atoms with Crippen molar-refractivity contribution in [3.63, 3.8) is 0 Å². The minimum atomic E-state index is -4.54. The summed E-state index contributed by atoms with van der Waals surface area (Å²) in [6.07, 6.45) is -3.25. The number of nitrogens with two attached hydrogens (primary N) is 1. The molecule has 3 rings (SSSR count). The maximum atomic E-state index is 13.1. The molecule has 0 saturated heterocycles. The Hall–Kier alpha value is -2.64. The van der Waals surface area contributed by atoms with Crippen LogP contribution in [0.4, 0.5) is 19.0 Å². The zero-order valence-corrected chi connectivity index (χ0v) is 14.8. The van der Waals surface area contributed by atoms with Crippen molar-refractivity contribution < 1.29 is 13.2 Å². The second kappa shape index (κ2) is 7.94. The lowest BCUT2D eigenvalue weighted by Crippen LogP contribution is -2.20. The van der Waals surface area contributed by atoms with E-state index in [1.54, 1.807) is 6.07 Å². The topological polar surface area (TPSA) is 63.8 Å². The van der Waals surface area contributed by atoms with Gasteiger partial charge in [0.25, 0.3) is 0 Å². The molecule has 3 aromatic rings. The number of hydrogen-bond acceptors (Lipinski definition) is 4. The van der Waals surface area contributed by atoms with E-state index in [-0.39, 0.29) is 11.1 Å². The molecule has 0 spiro atoms. The van der Waals surface area contributed by atoms with Crippen LogP contribution < -0.4 is 11.1 Å². The minimum Gasteiger partial charge on any atom is -0.368 e. The zero-order valence-electron chi connectivity index (χ0n) is 14.0. The van der Waals surface area contributed by atoms with Crippen molar-refractivity contribution in [3.05, 3.63) is 77.1 Å². The molecule has 0 bridgehead atoms. The largest absolute Gasteiger partial charge is 0.417 e. The minimum absolute atomic E-state index is 0.253. The number of anilines is 1. The van der Waals surface area contributed by atoms with Gasteiger partial charge in [-0.1, -0.05) is 48.0 Å². The maximum Gasteiger partial charge on any atom is 0.417 e. The number of rotatable bonds is 5. The van der Waals surface area contributed by atoms with Crippen molar-refractivity contribution in [3.8, 4) is 11.3 Å². The van der Waals surface area contributed by atoms with Crippen LogP contribution in [0.2, 0.25) is 5.02 Å². The highest BCUT2D eigenvalue weighted by Crippen LogP contribution is 2.37. The molecule has 1 heterocycles. The molecule has 0 amide bonds. The van der Waals surface area contributed by atoms with Gasteiger partial charge < -0.3 is 11.1 Å². The van der Waals surface area contributed by atoms with Crippen LogP contribution in [0, 0.1) is 0 Å². The first-order valence-corrected chi connectivity index (χ1v) is 8.46. The average Bonchev–Trinajstić information content (AvgIpc) is 2.66. The Morgan fingerprint density at radius 2 is 1.78 bits per heavy atom. The van der Waals surface area contributed by atoms with E-state index in [0.717, 1.165) is 11.6 Å². The van der Waals surface area contributed by atoms with E-state index < -0.39 is 11.7 Å². The van der Waals surface area contributed by atoms with Crippen LogP contribution in [0.25, 0.3) is 11.3 Å². The smallest absolute Gasteiger partial charge is 0.368 e. The Morgan fingerprint density at radius 1 is 1.04 bits per heavy atom. The fourth-order valence-electron chi connectivity index (χ4n) is 2.55.